The van der Waals surface area contributed by atoms with E-state index in [4.69, 9.17) is 0 Å². The Morgan fingerprint density at radius 2 is 1.92 bits per heavy atom. The van der Waals surface area contributed by atoms with Gasteiger partial charge in [0.25, 0.3) is 0 Å². The number of benzene rings is 1. The monoisotopic (exact) mass is 342 g/mol. The van der Waals surface area contributed by atoms with Crippen molar-refractivity contribution in [3.05, 3.63) is 30.3 Å². The summed E-state index contributed by atoms with van der Waals surface area (Å²) in [5, 5.41) is 6.36. The molecule has 1 aromatic carbocycles. The van der Waals surface area contributed by atoms with Crippen LogP contribution < -0.4 is 15.5 Å². The van der Waals surface area contributed by atoms with E-state index in [0.717, 1.165) is 39.0 Å². The lowest BCUT2D eigenvalue weighted by atomic mass is 9.99. The molecule has 3 aliphatic heterocycles. The standard InChI is InChI=1S/C20H30N4O/c25-20(22-18-10-13-23-11-5-4-8-19(18)23)21-14-16-9-12-24(15-16)17-6-2-1-3-7-17/h1-3,6-7,16,18-19H,4-5,8-15H2,(H2,21,22,25)/t16-,18-,19-/m0/s1. The smallest absolute Gasteiger partial charge is 0.315 e. The van der Waals surface area contributed by atoms with Gasteiger partial charge in [0.2, 0.25) is 0 Å². The molecule has 4 rings (SSSR count). The van der Waals surface area contributed by atoms with Crippen molar-refractivity contribution < 1.29 is 4.79 Å². The Kier molecular flexibility index (Phi) is 5.11. The number of amides is 2. The van der Waals surface area contributed by atoms with Crippen molar-refractivity contribution in [1.29, 1.82) is 0 Å². The maximum absolute atomic E-state index is 12.3. The number of fused-ring (bicyclic) bond motifs is 1. The van der Waals surface area contributed by atoms with Crippen LogP contribution in [0.25, 0.3) is 0 Å². The molecule has 2 amide bonds. The molecule has 25 heavy (non-hydrogen) atoms. The Bertz CT molecular complexity index is 578. The molecule has 0 radical (unpaired) electrons. The fraction of sp³-hybridized carbons (Fsp3) is 0.650. The maximum atomic E-state index is 12.3. The van der Waals surface area contributed by atoms with Gasteiger partial charge in [0.1, 0.15) is 0 Å². The van der Waals surface area contributed by atoms with E-state index >= 15 is 0 Å². The van der Waals surface area contributed by atoms with E-state index in [0.29, 0.717) is 18.0 Å². The highest BCUT2D eigenvalue weighted by molar-refractivity contribution is 5.74. The molecule has 2 N–H and O–H groups in total. The number of hydrogen-bond donors (Lipinski definition) is 2. The Labute approximate surface area is 150 Å². The lowest BCUT2D eigenvalue weighted by Crippen LogP contribution is -2.50. The van der Waals surface area contributed by atoms with Gasteiger partial charge in [0.15, 0.2) is 0 Å². The number of nitrogens with zero attached hydrogens (tertiary/aromatic N) is 2. The van der Waals surface area contributed by atoms with Gasteiger partial charge in [-0.05, 0) is 50.3 Å². The van der Waals surface area contributed by atoms with Crippen LogP contribution in [0.4, 0.5) is 10.5 Å². The first-order chi connectivity index (χ1) is 12.3. The number of hydrogen-bond acceptors (Lipinski definition) is 3. The van der Waals surface area contributed by atoms with E-state index in [1.165, 1.54) is 31.5 Å². The highest BCUT2D eigenvalue weighted by Gasteiger charge is 2.36. The van der Waals surface area contributed by atoms with Crippen LogP contribution in [0.3, 0.4) is 0 Å². The Morgan fingerprint density at radius 1 is 1.04 bits per heavy atom. The molecule has 5 heteroatoms. The van der Waals surface area contributed by atoms with Crippen LogP contribution in [0, 0.1) is 5.92 Å². The van der Waals surface area contributed by atoms with Gasteiger partial charge in [-0.15, -0.1) is 0 Å². The van der Waals surface area contributed by atoms with Crippen molar-refractivity contribution in [1.82, 2.24) is 15.5 Å². The molecule has 0 spiro atoms. The van der Waals surface area contributed by atoms with E-state index < -0.39 is 0 Å². The Hall–Kier alpha value is -1.75. The van der Waals surface area contributed by atoms with Crippen LogP contribution in [0.5, 0.6) is 0 Å². The number of piperidine rings is 1. The van der Waals surface area contributed by atoms with Crippen LogP contribution in [0.15, 0.2) is 30.3 Å². The zero-order valence-corrected chi connectivity index (χ0v) is 15.0. The third kappa shape index (κ3) is 3.92. The van der Waals surface area contributed by atoms with E-state index in [9.17, 15) is 4.79 Å². The highest BCUT2D eigenvalue weighted by atomic mass is 16.2. The number of carbonyl (C=O) groups is 1. The molecule has 0 aliphatic carbocycles. The molecule has 0 aromatic heterocycles. The average molecular weight is 342 g/mol. The third-order valence-electron chi connectivity index (χ3n) is 6.13. The molecule has 5 nitrogen and oxygen atoms in total. The normalized spacial score (nSPS) is 29.4. The van der Waals surface area contributed by atoms with E-state index in [1.807, 2.05) is 0 Å². The summed E-state index contributed by atoms with van der Waals surface area (Å²) in [6.45, 7) is 5.24. The number of anilines is 1. The minimum atomic E-state index is 0.0237. The molecular weight excluding hydrogens is 312 g/mol. The molecule has 3 aliphatic rings. The van der Waals surface area contributed by atoms with Gasteiger partial charge in [0, 0.05) is 44.0 Å². The van der Waals surface area contributed by atoms with Crippen LogP contribution in [0.2, 0.25) is 0 Å². The molecule has 1 aromatic rings. The second-order valence-corrected chi connectivity index (χ2v) is 7.78. The summed E-state index contributed by atoms with van der Waals surface area (Å²) < 4.78 is 0. The summed E-state index contributed by atoms with van der Waals surface area (Å²) >= 11 is 0. The second kappa shape index (κ2) is 7.65. The number of nitrogens with one attached hydrogen (secondary N) is 2. The predicted octanol–water partition coefficient (Wildman–Crippen LogP) is 2.44. The summed E-state index contributed by atoms with van der Waals surface area (Å²) in [6, 6.07) is 11.5. The summed E-state index contributed by atoms with van der Waals surface area (Å²) in [7, 11) is 0. The average Bonchev–Trinajstić information content (AvgIpc) is 3.28. The number of rotatable bonds is 4. The van der Waals surface area contributed by atoms with E-state index in [2.05, 4.69) is 50.8 Å². The predicted molar refractivity (Wildman–Crippen MR) is 101 cm³/mol. The lowest BCUT2D eigenvalue weighted by Gasteiger charge is -2.32. The number of carbonyl (C=O) groups excluding carboxylic acids is 1. The van der Waals surface area contributed by atoms with Gasteiger partial charge in [-0.3, -0.25) is 4.90 Å². The van der Waals surface area contributed by atoms with Crippen LogP contribution in [-0.2, 0) is 0 Å². The summed E-state index contributed by atoms with van der Waals surface area (Å²) in [5.41, 5.74) is 1.29. The van der Waals surface area contributed by atoms with Gasteiger partial charge in [-0.1, -0.05) is 24.6 Å². The topological polar surface area (TPSA) is 47.6 Å². The molecule has 0 unspecified atom stereocenters. The van der Waals surface area contributed by atoms with E-state index in [1.54, 1.807) is 0 Å². The molecule has 136 valence electrons. The molecule has 3 fully saturated rings. The minimum Gasteiger partial charge on any atom is -0.371 e. The van der Waals surface area contributed by atoms with Crippen LogP contribution in [-0.4, -0.2) is 55.7 Å². The molecule has 3 atom stereocenters. The Balaban J connectivity index is 1.21. The maximum Gasteiger partial charge on any atom is 0.315 e. The third-order valence-corrected chi connectivity index (χ3v) is 6.13. The number of urea groups is 1. The van der Waals surface area contributed by atoms with Crippen molar-refractivity contribution in [3.8, 4) is 0 Å². The molecular formula is C20H30N4O. The van der Waals surface area contributed by atoms with Gasteiger partial charge in [-0.2, -0.15) is 0 Å². The van der Waals surface area contributed by atoms with Crippen molar-refractivity contribution in [3.63, 3.8) is 0 Å². The highest BCUT2D eigenvalue weighted by Crippen LogP contribution is 2.27. The lowest BCUT2D eigenvalue weighted by molar-refractivity contribution is 0.178. The first-order valence-electron chi connectivity index (χ1n) is 9.88. The SMILES string of the molecule is O=C(NC[C@@H]1CCN(c2ccccc2)C1)N[C@H]1CCN2CCCC[C@@H]12. The van der Waals surface area contributed by atoms with E-state index in [-0.39, 0.29) is 6.03 Å². The van der Waals surface area contributed by atoms with Crippen molar-refractivity contribution in [2.24, 2.45) is 5.92 Å². The quantitative estimate of drug-likeness (QED) is 0.883. The zero-order chi connectivity index (χ0) is 17.1. The van der Waals surface area contributed by atoms with Crippen molar-refractivity contribution in [2.75, 3.05) is 37.6 Å². The second-order valence-electron chi connectivity index (χ2n) is 7.78. The minimum absolute atomic E-state index is 0.0237. The van der Waals surface area contributed by atoms with Crippen LogP contribution in [0.1, 0.15) is 32.1 Å². The van der Waals surface area contributed by atoms with Crippen molar-refractivity contribution >= 4 is 11.7 Å². The van der Waals surface area contributed by atoms with Gasteiger partial charge < -0.3 is 15.5 Å². The summed E-state index contributed by atoms with van der Waals surface area (Å²) in [4.78, 5) is 17.3. The fourth-order valence-electron chi connectivity index (χ4n) is 4.74. The molecule has 3 heterocycles. The molecule has 0 saturated carbocycles. The summed E-state index contributed by atoms with van der Waals surface area (Å²) in [5.74, 6) is 0.542. The first kappa shape index (κ1) is 16.7. The fourth-order valence-corrected chi connectivity index (χ4v) is 4.74. The largest absolute Gasteiger partial charge is 0.371 e. The first-order valence-corrected chi connectivity index (χ1v) is 9.88. The molecule has 0 bridgehead atoms. The molecule has 3 saturated heterocycles. The number of para-hydroxylation sites is 1. The van der Waals surface area contributed by atoms with Gasteiger partial charge in [0.05, 0.1) is 0 Å². The summed E-state index contributed by atoms with van der Waals surface area (Å²) in [6.07, 6.45) is 6.10. The zero-order valence-electron chi connectivity index (χ0n) is 15.0. The Morgan fingerprint density at radius 3 is 2.80 bits per heavy atom. The van der Waals surface area contributed by atoms with Crippen LogP contribution >= 0.6 is 0 Å². The van der Waals surface area contributed by atoms with Crippen molar-refractivity contribution in [2.45, 2.75) is 44.2 Å². The van der Waals surface area contributed by atoms with Gasteiger partial charge in [-0.25, -0.2) is 4.79 Å². The van der Waals surface area contributed by atoms with Gasteiger partial charge >= 0.3 is 6.03 Å².